The van der Waals surface area contributed by atoms with Gasteiger partial charge in [-0.2, -0.15) is 4.37 Å². The average Bonchev–Trinajstić information content (AvgIpc) is 3.43. The van der Waals surface area contributed by atoms with E-state index in [2.05, 4.69) is 75.0 Å². The van der Waals surface area contributed by atoms with Crippen molar-refractivity contribution in [1.82, 2.24) is 13.8 Å². The molecule has 1 fully saturated rings. The van der Waals surface area contributed by atoms with Crippen molar-refractivity contribution in [2.75, 3.05) is 37.6 Å². The van der Waals surface area contributed by atoms with Crippen molar-refractivity contribution in [3.8, 4) is 0 Å². The fourth-order valence-corrected chi connectivity index (χ4v) is 6.25. The molecule has 0 saturated carbocycles. The van der Waals surface area contributed by atoms with Crippen molar-refractivity contribution >= 4 is 60.8 Å². The predicted octanol–water partition coefficient (Wildman–Crippen LogP) is 6.66. The minimum absolute atomic E-state index is 0.841. The normalized spacial score (nSPS) is 15.2. The molecule has 1 aliphatic heterocycles. The number of rotatable bonds is 6. The highest BCUT2D eigenvalue weighted by Gasteiger charge is 2.20. The van der Waals surface area contributed by atoms with Crippen LogP contribution in [0.4, 0.5) is 5.82 Å². The van der Waals surface area contributed by atoms with E-state index in [0.29, 0.717) is 0 Å². The third kappa shape index (κ3) is 3.88. The van der Waals surface area contributed by atoms with Crippen LogP contribution in [0.1, 0.15) is 12.8 Å². The van der Waals surface area contributed by atoms with Gasteiger partial charge in [-0.05, 0) is 61.3 Å². The number of aryl methyl sites for hydroxylation is 1. The Labute approximate surface area is 203 Å². The molecule has 0 radical (unpaired) electrons. The molecule has 1 saturated heterocycles. The molecular weight excluding hydrogens is 448 g/mol. The van der Waals surface area contributed by atoms with Crippen LogP contribution >= 0.6 is 23.1 Å². The number of aromatic nitrogens is 2. The predicted molar refractivity (Wildman–Crippen MR) is 142 cm³/mol. The van der Waals surface area contributed by atoms with Crippen LogP contribution in [0.15, 0.2) is 66.7 Å². The summed E-state index contributed by atoms with van der Waals surface area (Å²) in [4.78, 5) is 5.06. The molecule has 0 unspecified atom stereocenters. The van der Waals surface area contributed by atoms with Gasteiger partial charge in [0, 0.05) is 54.4 Å². The summed E-state index contributed by atoms with van der Waals surface area (Å²) in [7, 11) is 0. The van der Waals surface area contributed by atoms with Crippen LogP contribution in [0.2, 0.25) is 5.02 Å². The number of unbranched alkanes of at least 4 members (excludes halogenated alkanes) is 1. The van der Waals surface area contributed by atoms with Gasteiger partial charge in [-0.1, -0.05) is 48.0 Å². The maximum atomic E-state index is 6.57. The summed E-state index contributed by atoms with van der Waals surface area (Å²) in [6.07, 6.45) is 2.37. The Morgan fingerprint density at radius 2 is 1.48 bits per heavy atom. The molecule has 3 aromatic carbocycles. The lowest BCUT2D eigenvalue weighted by Crippen LogP contribution is -2.46. The van der Waals surface area contributed by atoms with Gasteiger partial charge in [0.1, 0.15) is 5.82 Å². The lowest BCUT2D eigenvalue weighted by Gasteiger charge is -2.35. The maximum Gasteiger partial charge on any atom is 0.150 e. The second-order valence-corrected chi connectivity index (χ2v) is 10.1. The van der Waals surface area contributed by atoms with E-state index in [1.807, 2.05) is 6.07 Å². The highest BCUT2D eigenvalue weighted by Crippen LogP contribution is 2.34. The third-order valence-corrected chi connectivity index (χ3v) is 8.01. The van der Waals surface area contributed by atoms with E-state index in [1.54, 1.807) is 11.5 Å². The van der Waals surface area contributed by atoms with Crippen molar-refractivity contribution in [1.29, 1.82) is 0 Å². The molecule has 6 rings (SSSR count). The summed E-state index contributed by atoms with van der Waals surface area (Å²) in [5.41, 5.74) is 2.53. The van der Waals surface area contributed by atoms with E-state index in [-0.39, 0.29) is 0 Å². The number of benzene rings is 3. The molecule has 1 aliphatic rings. The Bertz CT molecular complexity index is 1410. The number of anilines is 1. The maximum absolute atomic E-state index is 6.57. The van der Waals surface area contributed by atoms with E-state index in [9.17, 15) is 0 Å². The van der Waals surface area contributed by atoms with Gasteiger partial charge >= 0.3 is 0 Å². The Kier molecular flexibility index (Phi) is 5.70. The number of para-hydroxylation sites is 1. The molecule has 0 bridgehead atoms. The Balaban J connectivity index is 1.07. The van der Waals surface area contributed by atoms with E-state index in [1.165, 1.54) is 44.1 Å². The molecule has 168 valence electrons. The van der Waals surface area contributed by atoms with Crippen LogP contribution in [-0.4, -0.2) is 46.6 Å². The van der Waals surface area contributed by atoms with Gasteiger partial charge in [0.15, 0.2) is 0 Å². The van der Waals surface area contributed by atoms with E-state index >= 15 is 0 Å². The van der Waals surface area contributed by atoms with Crippen LogP contribution < -0.4 is 4.90 Å². The summed E-state index contributed by atoms with van der Waals surface area (Å²) in [6.45, 7) is 6.50. The number of halogens is 1. The summed E-state index contributed by atoms with van der Waals surface area (Å²) in [6, 6.07) is 23.4. The van der Waals surface area contributed by atoms with E-state index < -0.39 is 0 Å². The van der Waals surface area contributed by atoms with Crippen LogP contribution in [0, 0.1) is 0 Å². The lowest BCUT2D eigenvalue weighted by atomic mass is 10.1. The molecule has 0 amide bonds. The summed E-state index contributed by atoms with van der Waals surface area (Å²) in [5, 5.41) is 4.57. The van der Waals surface area contributed by atoms with Crippen molar-refractivity contribution in [3.05, 3.63) is 71.8 Å². The number of fused-ring (bicyclic) bond motifs is 4. The second-order valence-electron chi connectivity index (χ2n) is 8.84. The molecule has 0 spiro atoms. The molecular formula is C27H27ClN4S. The Morgan fingerprint density at radius 1 is 0.758 bits per heavy atom. The zero-order valence-electron chi connectivity index (χ0n) is 18.6. The third-order valence-electron chi connectivity index (χ3n) is 6.88. The van der Waals surface area contributed by atoms with Gasteiger partial charge in [-0.15, -0.1) is 0 Å². The summed E-state index contributed by atoms with van der Waals surface area (Å²) in [5.74, 6) is 1.17. The highest BCUT2D eigenvalue weighted by molar-refractivity contribution is 7.13. The molecule has 3 heterocycles. The van der Waals surface area contributed by atoms with Crippen molar-refractivity contribution in [3.63, 3.8) is 0 Å². The molecule has 4 nitrogen and oxygen atoms in total. The first-order valence-corrected chi connectivity index (χ1v) is 12.9. The van der Waals surface area contributed by atoms with Gasteiger partial charge in [-0.25, -0.2) is 0 Å². The fourth-order valence-electron chi connectivity index (χ4n) is 5.18. The van der Waals surface area contributed by atoms with Gasteiger partial charge in [0.05, 0.1) is 15.2 Å². The van der Waals surface area contributed by atoms with Crippen LogP contribution in [0.3, 0.4) is 0 Å². The van der Waals surface area contributed by atoms with Gasteiger partial charge < -0.3 is 9.47 Å². The smallest absolute Gasteiger partial charge is 0.150 e. The quantitative estimate of drug-likeness (QED) is 0.257. The molecule has 33 heavy (non-hydrogen) atoms. The van der Waals surface area contributed by atoms with Gasteiger partial charge in [0.25, 0.3) is 0 Å². The number of piperazine rings is 1. The summed E-state index contributed by atoms with van der Waals surface area (Å²) < 4.78 is 8.47. The van der Waals surface area contributed by atoms with Crippen LogP contribution in [0.5, 0.6) is 0 Å². The van der Waals surface area contributed by atoms with E-state index in [4.69, 9.17) is 16.0 Å². The standard InChI is InChI=1S/C27H27ClN4S/c28-22-10-7-12-24-26(22)20-8-1-3-11-23(20)32(24)15-6-5-14-30-16-18-31(19-17-30)27-21-9-2-4-13-25(21)33-29-27/h1-4,7-13H,5-6,14-19H2. The molecule has 6 heteroatoms. The molecule has 0 N–H and O–H groups in total. The van der Waals surface area contributed by atoms with Gasteiger partial charge in [-0.3, -0.25) is 4.90 Å². The fraction of sp³-hybridized carbons (Fsp3) is 0.296. The van der Waals surface area contributed by atoms with E-state index in [0.717, 1.165) is 50.7 Å². The highest BCUT2D eigenvalue weighted by atomic mass is 35.5. The minimum Gasteiger partial charge on any atom is -0.353 e. The first kappa shape index (κ1) is 21.0. The minimum atomic E-state index is 0.841. The molecule has 5 aromatic rings. The number of nitrogens with zero attached hydrogens (tertiary/aromatic N) is 4. The Hall–Kier alpha value is -2.60. The molecule has 2 aromatic heterocycles. The van der Waals surface area contributed by atoms with Crippen molar-refractivity contribution < 1.29 is 0 Å². The van der Waals surface area contributed by atoms with Crippen LogP contribution in [0.25, 0.3) is 31.9 Å². The number of hydrogen-bond acceptors (Lipinski definition) is 4. The first-order chi connectivity index (χ1) is 16.3. The van der Waals surface area contributed by atoms with Gasteiger partial charge in [0.2, 0.25) is 0 Å². The topological polar surface area (TPSA) is 24.3 Å². The van der Waals surface area contributed by atoms with Crippen molar-refractivity contribution in [2.45, 2.75) is 19.4 Å². The summed E-state index contributed by atoms with van der Waals surface area (Å²) >= 11 is 8.18. The molecule has 0 aliphatic carbocycles. The van der Waals surface area contributed by atoms with Crippen LogP contribution in [-0.2, 0) is 6.54 Å². The number of hydrogen-bond donors (Lipinski definition) is 0. The largest absolute Gasteiger partial charge is 0.353 e. The zero-order chi connectivity index (χ0) is 22.2. The van der Waals surface area contributed by atoms with Crippen molar-refractivity contribution in [2.24, 2.45) is 0 Å². The second kappa shape index (κ2) is 8.98. The SMILES string of the molecule is Clc1cccc2c1c1ccccc1n2CCCCN1CCN(c2nsc3ccccc23)CC1. The lowest BCUT2D eigenvalue weighted by molar-refractivity contribution is 0.251. The average molecular weight is 475 g/mol. The Morgan fingerprint density at radius 3 is 2.36 bits per heavy atom. The monoisotopic (exact) mass is 474 g/mol. The molecule has 0 atom stereocenters. The first-order valence-electron chi connectivity index (χ1n) is 11.8. The zero-order valence-corrected chi connectivity index (χ0v) is 20.2.